The number of aliphatic imine (C=N–C) groups is 1. The molecule has 1 aromatic carbocycles. The van der Waals surface area contributed by atoms with Crippen molar-refractivity contribution < 1.29 is 13.6 Å². The Balaban J connectivity index is 1.30. The van der Waals surface area contributed by atoms with E-state index in [0.717, 1.165) is 62.4 Å². The Labute approximate surface area is 162 Å². The van der Waals surface area contributed by atoms with Crippen LogP contribution in [-0.2, 0) is 11.2 Å². The molecule has 3 aliphatic heterocycles. The van der Waals surface area contributed by atoms with Crippen molar-refractivity contribution in [3.05, 3.63) is 46.5 Å². The van der Waals surface area contributed by atoms with Gasteiger partial charge < -0.3 is 9.80 Å². The Morgan fingerprint density at radius 1 is 1.30 bits per heavy atom. The minimum atomic E-state index is -0.545. The standard InChI is InChI=1S/C20H23F2N3OS/c21-16-6-5-15(18(22)10-16)4-3-14-2-1-8-24(12-14)19(26)11-17-13-27-20-23-7-9-25(17)20/h5-6,10,13-14H,1-4,7-9,11-12H2/t14-/m1/s1. The van der Waals surface area contributed by atoms with Crippen LogP contribution in [0.25, 0.3) is 0 Å². The lowest BCUT2D eigenvalue weighted by atomic mass is 9.91. The number of hydrogen-bond acceptors (Lipinski definition) is 4. The average molecular weight is 391 g/mol. The zero-order chi connectivity index (χ0) is 18.8. The van der Waals surface area contributed by atoms with Crippen LogP contribution in [0.4, 0.5) is 8.78 Å². The Kier molecular flexibility index (Phi) is 5.48. The number of thioether (sulfide) groups is 1. The van der Waals surface area contributed by atoms with Crippen LogP contribution < -0.4 is 0 Å². The van der Waals surface area contributed by atoms with Gasteiger partial charge in [0.05, 0.1) is 13.0 Å². The Bertz CT molecular complexity index is 795. The van der Waals surface area contributed by atoms with Crippen molar-refractivity contribution in [2.75, 3.05) is 26.2 Å². The number of amidine groups is 1. The molecule has 27 heavy (non-hydrogen) atoms. The summed E-state index contributed by atoms with van der Waals surface area (Å²) in [6.45, 7) is 3.19. The summed E-state index contributed by atoms with van der Waals surface area (Å²) in [5, 5.41) is 3.05. The molecule has 144 valence electrons. The molecule has 1 fully saturated rings. The van der Waals surface area contributed by atoms with Gasteiger partial charge in [0.2, 0.25) is 5.91 Å². The molecule has 0 aromatic heterocycles. The topological polar surface area (TPSA) is 35.9 Å². The zero-order valence-electron chi connectivity index (χ0n) is 15.2. The molecular weight excluding hydrogens is 368 g/mol. The van der Waals surface area contributed by atoms with Crippen LogP contribution >= 0.6 is 11.8 Å². The van der Waals surface area contributed by atoms with Crippen LogP contribution in [-0.4, -0.2) is 47.1 Å². The molecule has 1 saturated heterocycles. The van der Waals surface area contributed by atoms with Crippen LogP contribution in [0, 0.1) is 17.6 Å². The second-order valence-corrected chi connectivity index (χ2v) is 8.18. The Morgan fingerprint density at radius 2 is 2.19 bits per heavy atom. The van der Waals surface area contributed by atoms with Crippen molar-refractivity contribution in [2.24, 2.45) is 10.9 Å². The Hall–Kier alpha value is -1.89. The van der Waals surface area contributed by atoms with Gasteiger partial charge in [-0.25, -0.2) is 8.78 Å². The fourth-order valence-corrected chi connectivity index (χ4v) is 4.95. The molecule has 0 unspecified atom stereocenters. The van der Waals surface area contributed by atoms with Crippen LogP contribution in [0.15, 0.2) is 34.3 Å². The summed E-state index contributed by atoms with van der Waals surface area (Å²) in [5.41, 5.74) is 1.60. The number of aryl methyl sites for hydroxylation is 1. The lowest BCUT2D eigenvalue weighted by Crippen LogP contribution is -2.40. The van der Waals surface area contributed by atoms with E-state index in [4.69, 9.17) is 0 Å². The summed E-state index contributed by atoms with van der Waals surface area (Å²) in [5.74, 6) is -0.501. The van der Waals surface area contributed by atoms with Crippen LogP contribution in [0.5, 0.6) is 0 Å². The lowest BCUT2D eigenvalue weighted by Gasteiger charge is -2.33. The molecule has 0 saturated carbocycles. The van der Waals surface area contributed by atoms with Gasteiger partial charge >= 0.3 is 0 Å². The average Bonchev–Trinajstić information content (AvgIpc) is 3.26. The third-order valence-electron chi connectivity index (χ3n) is 5.49. The highest BCUT2D eigenvalue weighted by Crippen LogP contribution is 2.32. The third-order valence-corrected chi connectivity index (χ3v) is 6.44. The van der Waals surface area contributed by atoms with E-state index in [1.165, 1.54) is 12.1 Å². The van der Waals surface area contributed by atoms with Crippen molar-refractivity contribution in [3.63, 3.8) is 0 Å². The summed E-state index contributed by atoms with van der Waals surface area (Å²) in [4.78, 5) is 21.3. The number of likely N-dealkylation sites (tertiary alicyclic amines) is 1. The predicted molar refractivity (Wildman–Crippen MR) is 103 cm³/mol. The van der Waals surface area contributed by atoms with Gasteiger partial charge in [-0.2, -0.15) is 0 Å². The van der Waals surface area contributed by atoms with Crippen molar-refractivity contribution >= 4 is 22.8 Å². The summed E-state index contributed by atoms with van der Waals surface area (Å²) < 4.78 is 26.8. The molecule has 0 N–H and O–H groups in total. The number of fused-ring (bicyclic) bond motifs is 1. The number of piperidine rings is 1. The van der Waals surface area contributed by atoms with Gasteiger partial charge in [-0.05, 0) is 48.6 Å². The van der Waals surface area contributed by atoms with Crippen molar-refractivity contribution in [3.8, 4) is 0 Å². The van der Waals surface area contributed by atoms with Gasteiger partial charge in [0.25, 0.3) is 0 Å². The summed E-state index contributed by atoms with van der Waals surface area (Å²) in [6.07, 6.45) is 3.84. The second-order valence-electron chi connectivity index (χ2n) is 7.34. The molecule has 1 atom stereocenters. The van der Waals surface area contributed by atoms with E-state index in [1.54, 1.807) is 11.8 Å². The van der Waals surface area contributed by atoms with E-state index < -0.39 is 11.6 Å². The summed E-state index contributed by atoms with van der Waals surface area (Å²) in [7, 11) is 0. The molecule has 3 aliphatic rings. The number of rotatable bonds is 5. The van der Waals surface area contributed by atoms with Gasteiger partial charge in [0.15, 0.2) is 5.17 Å². The number of nitrogens with zero attached hydrogens (tertiary/aromatic N) is 3. The zero-order valence-corrected chi connectivity index (χ0v) is 16.0. The van der Waals surface area contributed by atoms with E-state index in [9.17, 15) is 13.6 Å². The van der Waals surface area contributed by atoms with Gasteiger partial charge in [-0.1, -0.05) is 17.8 Å². The van der Waals surface area contributed by atoms with Gasteiger partial charge in [0.1, 0.15) is 11.6 Å². The highest BCUT2D eigenvalue weighted by Gasteiger charge is 2.30. The van der Waals surface area contributed by atoms with E-state index in [2.05, 4.69) is 9.89 Å². The normalized spacial score (nSPS) is 21.9. The second kappa shape index (κ2) is 8.00. The number of benzene rings is 1. The smallest absolute Gasteiger partial charge is 0.228 e. The number of carbonyl (C=O) groups is 1. The monoisotopic (exact) mass is 391 g/mol. The van der Waals surface area contributed by atoms with E-state index >= 15 is 0 Å². The first kappa shape index (κ1) is 18.5. The molecule has 1 amide bonds. The maximum Gasteiger partial charge on any atom is 0.228 e. The molecule has 0 aliphatic carbocycles. The van der Waals surface area contributed by atoms with Gasteiger partial charge in [-0.3, -0.25) is 9.79 Å². The first-order valence-electron chi connectivity index (χ1n) is 9.49. The number of carbonyl (C=O) groups excluding carboxylic acids is 1. The largest absolute Gasteiger partial charge is 0.342 e. The van der Waals surface area contributed by atoms with Gasteiger partial charge in [-0.15, -0.1) is 0 Å². The molecule has 3 heterocycles. The molecule has 1 aromatic rings. The lowest BCUT2D eigenvalue weighted by molar-refractivity contribution is -0.132. The molecule has 7 heteroatoms. The summed E-state index contributed by atoms with van der Waals surface area (Å²) in [6, 6.07) is 3.77. The van der Waals surface area contributed by atoms with Crippen LogP contribution in [0.2, 0.25) is 0 Å². The SMILES string of the molecule is O=C(CC1=CSC2=NCCN12)N1CCC[C@H](CCc2ccc(F)cc2F)C1. The summed E-state index contributed by atoms with van der Waals surface area (Å²) >= 11 is 1.60. The number of amides is 1. The fourth-order valence-electron chi connectivity index (χ4n) is 3.99. The first-order chi connectivity index (χ1) is 13.1. The van der Waals surface area contributed by atoms with Gasteiger partial charge in [0, 0.05) is 31.4 Å². The Morgan fingerprint density at radius 3 is 3.04 bits per heavy atom. The van der Waals surface area contributed by atoms with Crippen molar-refractivity contribution in [1.82, 2.24) is 9.80 Å². The molecule has 4 rings (SSSR count). The molecular formula is C20H23F2N3OS. The molecule has 4 nitrogen and oxygen atoms in total. The van der Waals surface area contributed by atoms with Crippen molar-refractivity contribution in [1.29, 1.82) is 0 Å². The fraction of sp³-hybridized carbons (Fsp3) is 0.500. The predicted octanol–water partition coefficient (Wildman–Crippen LogP) is 3.79. The third kappa shape index (κ3) is 4.18. The highest BCUT2D eigenvalue weighted by molar-refractivity contribution is 8.16. The van der Waals surface area contributed by atoms with E-state index in [-0.39, 0.29) is 5.91 Å². The minimum Gasteiger partial charge on any atom is -0.342 e. The van der Waals surface area contributed by atoms with Crippen LogP contribution in [0.1, 0.15) is 31.2 Å². The number of hydrogen-bond donors (Lipinski definition) is 0. The van der Waals surface area contributed by atoms with Crippen LogP contribution in [0.3, 0.4) is 0 Å². The molecule has 0 radical (unpaired) electrons. The molecule has 0 spiro atoms. The maximum atomic E-state index is 13.8. The first-order valence-corrected chi connectivity index (χ1v) is 10.4. The minimum absolute atomic E-state index is 0.160. The van der Waals surface area contributed by atoms with E-state index in [1.807, 2.05) is 10.3 Å². The highest BCUT2D eigenvalue weighted by atomic mass is 32.2. The number of halogens is 2. The molecule has 0 bridgehead atoms. The van der Waals surface area contributed by atoms with Crippen molar-refractivity contribution in [2.45, 2.75) is 32.1 Å². The maximum absolute atomic E-state index is 13.8. The van der Waals surface area contributed by atoms with E-state index in [0.29, 0.717) is 24.3 Å². The quantitative estimate of drug-likeness (QED) is 0.766.